The molecule has 4 N–H and O–H groups in total. The molecule has 264 valence electrons. The van der Waals surface area contributed by atoms with E-state index in [2.05, 4.69) is 30.5 Å². The number of phosphoric ester groups is 1. The number of hydrogen-bond acceptors (Lipinski definition) is 9. The molecule has 0 aliphatic rings. The highest BCUT2D eigenvalue weighted by atomic mass is 31.2. The molecular weight excluding hydrogens is 601 g/mol. The second-order valence-corrected chi connectivity index (χ2v) is 13.1. The monoisotopic (exact) mass is 663 g/mol. The van der Waals surface area contributed by atoms with Crippen LogP contribution in [0.3, 0.4) is 0 Å². The van der Waals surface area contributed by atoms with Crippen LogP contribution in [0.1, 0.15) is 149 Å². The molecule has 0 heterocycles. The average molecular weight is 664 g/mol. The Bertz CT molecular complexity index is 838. The van der Waals surface area contributed by atoms with Gasteiger partial charge in [0.15, 0.2) is 6.10 Å². The van der Waals surface area contributed by atoms with Crippen LogP contribution in [0.25, 0.3) is 0 Å². The van der Waals surface area contributed by atoms with Crippen molar-refractivity contribution in [1.82, 2.24) is 0 Å². The lowest BCUT2D eigenvalue weighted by Gasteiger charge is -2.20. The fraction of sp³-hybridized carbons (Fsp3) is 0.848. The number of carbonyl (C=O) groups is 3. The predicted molar refractivity (Wildman–Crippen MR) is 176 cm³/mol. The summed E-state index contributed by atoms with van der Waals surface area (Å²) in [5.41, 5.74) is 5.29. The van der Waals surface area contributed by atoms with Gasteiger partial charge < -0.3 is 25.2 Å². The van der Waals surface area contributed by atoms with Gasteiger partial charge in [0, 0.05) is 12.8 Å². The van der Waals surface area contributed by atoms with Crippen LogP contribution in [0, 0.1) is 0 Å². The number of carboxylic acids is 1. The minimum Gasteiger partial charge on any atom is -0.480 e. The highest BCUT2D eigenvalue weighted by molar-refractivity contribution is 7.47. The maximum absolute atomic E-state index is 12.5. The van der Waals surface area contributed by atoms with Crippen molar-refractivity contribution in [3.05, 3.63) is 12.2 Å². The van der Waals surface area contributed by atoms with Crippen LogP contribution in [0.4, 0.5) is 0 Å². The molecule has 0 aliphatic carbocycles. The van der Waals surface area contributed by atoms with E-state index in [1.165, 1.54) is 38.5 Å². The third kappa shape index (κ3) is 29.4. The molecule has 0 radical (unpaired) electrons. The van der Waals surface area contributed by atoms with Gasteiger partial charge in [0.05, 0.1) is 13.2 Å². The summed E-state index contributed by atoms with van der Waals surface area (Å²) in [5.74, 6) is -2.40. The molecule has 11 nitrogen and oxygen atoms in total. The summed E-state index contributed by atoms with van der Waals surface area (Å²) in [7, 11) is -4.70. The van der Waals surface area contributed by atoms with E-state index in [-0.39, 0.29) is 19.4 Å². The maximum Gasteiger partial charge on any atom is 0.472 e. The van der Waals surface area contributed by atoms with Crippen LogP contribution in [-0.2, 0) is 37.5 Å². The number of unbranched alkanes of at least 4 members (excludes halogenated alkanes) is 16. The molecule has 0 rings (SSSR count). The van der Waals surface area contributed by atoms with Gasteiger partial charge in [-0.1, -0.05) is 109 Å². The maximum atomic E-state index is 12.5. The summed E-state index contributed by atoms with van der Waals surface area (Å²) in [6, 6.07) is -1.52. The third-order valence-corrected chi connectivity index (χ3v) is 8.21. The van der Waals surface area contributed by atoms with Crippen molar-refractivity contribution in [3.8, 4) is 0 Å². The molecule has 3 unspecified atom stereocenters. The number of phosphoric acid groups is 1. The normalized spacial score (nSPS) is 14.2. The molecular formula is C33H62NO10P. The highest BCUT2D eigenvalue weighted by Gasteiger charge is 2.28. The lowest BCUT2D eigenvalue weighted by molar-refractivity contribution is -0.161. The van der Waals surface area contributed by atoms with Crippen LogP contribution < -0.4 is 5.73 Å². The smallest absolute Gasteiger partial charge is 0.472 e. The largest absolute Gasteiger partial charge is 0.480 e. The van der Waals surface area contributed by atoms with Gasteiger partial charge >= 0.3 is 25.7 Å². The number of esters is 2. The number of nitrogens with two attached hydrogens (primary N) is 1. The molecule has 0 aliphatic heterocycles. The minimum absolute atomic E-state index is 0.154. The summed E-state index contributed by atoms with van der Waals surface area (Å²) in [4.78, 5) is 45.3. The Morgan fingerprint density at radius 1 is 0.667 bits per heavy atom. The third-order valence-electron chi connectivity index (χ3n) is 7.26. The predicted octanol–water partition coefficient (Wildman–Crippen LogP) is 7.78. The second kappa shape index (κ2) is 29.6. The van der Waals surface area contributed by atoms with E-state index in [1.54, 1.807) is 0 Å². The van der Waals surface area contributed by atoms with Crippen LogP contribution in [-0.4, -0.2) is 59.9 Å². The second-order valence-electron chi connectivity index (χ2n) is 11.7. The van der Waals surface area contributed by atoms with Gasteiger partial charge in [0.2, 0.25) is 0 Å². The van der Waals surface area contributed by atoms with E-state index in [0.29, 0.717) is 12.8 Å². The fourth-order valence-corrected chi connectivity index (χ4v) is 5.25. The molecule has 0 aromatic carbocycles. The number of carboxylic acid groups (broad SMARTS) is 1. The van der Waals surface area contributed by atoms with Crippen LogP contribution in [0.2, 0.25) is 0 Å². The Morgan fingerprint density at radius 2 is 1.11 bits per heavy atom. The Hall–Kier alpha value is -1.78. The molecule has 0 saturated heterocycles. The van der Waals surface area contributed by atoms with Crippen LogP contribution in [0.15, 0.2) is 12.2 Å². The van der Waals surface area contributed by atoms with Crippen molar-refractivity contribution in [2.24, 2.45) is 5.73 Å². The first-order valence-electron chi connectivity index (χ1n) is 17.2. The first kappa shape index (κ1) is 43.2. The van der Waals surface area contributed by atoms with Gasteiger partial charge in [0.25, 0.3) is 0 Å². The number of rotatable bonds is 32. The molecule has 0 aromatic rings. The van der Waals surface area contributed by atoms with E-state index in [4.69, 9.17) is 24.8 Å². The topological polar surface area (TPSA) is 172 Å². The van der Waals surface area contributed by atoms with Crippen LogP contribution >= 0.6 is 7.82 Å². The number of hydrogen-bond donors (Lipinski definition) is 3. The Balaban J connectivity index is 4.42. The zero-order chi connectivity index (χ0) is 33.6. The number of allylic oxidation sites excluding steroid dienone is 2. The van der Waals surface area contributed by atoms with Crippen molar-refractivity contribution in [2.45, 2.75) is 161 Å². The fourth-order valence-electron chi connectivity index (χ4n) is 4.47. The van der Waals surface area contributed by atoms with Gasteiger partial charge in [-0.25, -0.2) is 4.57 Å². The molecule has 0 amide bonds. The summed E-state index contributed by atoms with van der Waals surface area (Å²) < 4.78 is 32.3. The number of carbonyl (C=O) groups excluding carboxylic acids is 2. The van der Waals surface area contributed by atoms with Crippen molar-refractivity contribution < 1.29 is 47.5 Å². The molecule has 0 spiro atoms. The molecule has 0 aromatic heterocycles. The zero-order valence-electron chi connectivity index (χ0n) is 28.0. The van der Waals surface area contributed by atoms with E-state index in [9.17, 15) is 23.8 Å². The highest BCUT2D eigenvalue weighted by Crippen LogP contribution is 2.43. The Labute approximate surface area is 271 Å². The molecule has 0 fully saturated rings. The van der Waals surface area contributed by atoms with E-state index in [0.717, 1.165) is 70.6 Å². The molecule has 12 heteroatoms. The molecule has 0 bridgehead atoms. The minimum atomic E-state index is -4.70. The van der Waals surface area contributed by atoms with Crippen molar-refractivity contribution in [2.75, 3.05) is 19.8 Å². The quantitative estimate of drug-likeness (QED) is 0.0278. The Morgan fingerprint density at radius 3 is 1.62 bits per heavy atom. The summed E-state index contributed by atoms with van der Waals surface area (Å²) in [5, 5.41) is 8.81. The lowest BCUT2D eigenvalue weighted by atomic mass is 10.1. The van der Waals surface area contributed by atoms with Crippen molar-refractivity contribution in [3.63, 3.8) is 0 Å². The molecule has 3 atom stereocenters. The van der Waals surface area contributed by atoms with E-state index >= 15 is 0 Å². The first-order valence-corrected chi connectivity index (χ1v) is 18.7. The van der Waals surface area contributed by atoms with Gasteiger partial charge in [-0.05, 0) is 38.5 Å². The SMILES string of the molecule is CCCCCCCC/C=C\CCCCCCCC(=O)OC(COC(=O)CCCCCCCC)COP(=O)(O)OCC(N)C(=O)O. The van der Waals surface area contributed by atoms with Gasteiger partial charge in [-0.2, -0.15) is 0 Å². The van der Waals surface area contributed by atoms with E-state index in [1.807, 2.05) is 0 Å². The van der Waals surface area contributed by atoms with Gasteiger partial charge in [-0.3, -0.25) is 23.4 Å². The van der Waals surface area contributed by atoms with Gasteiger partial charge in [-0.15, -0.1) is 0 Å². The lowest BCUT2D eigenvalue weighted by Crippen LogP contribution is -2.34. The molecule has 0 saturated carbocycles. The van der Waals surface area contributed by atoms with Gasteiger partial charge in [0.1, 0.15) is 12.6 Å². The van der Waals surface area contributed by atoms with E-state index < -0.39 is 51.1 Å². The average Bonchev–Trinajstić information content (AvgIpc) is 3.00. The zero-order valence-corrected chi connectivity index (χ0v) is 28.9. The number of aliphatic carboxylic acids is 1. The summed E-state index contributed by atoms with van der Waals surface area (Å²) in [6.07, 6.45) is 24.6. The summed E-state index contributed by atoms with van der Waals surface area (Å²) >= 11 is 0. The Kier molecular flexibility index (Phi) is 28.4. The standard InChI is InChI=1S/C33H62NO10P/c1-3-5-7-9-11-12-13-14-15-16-17-18-19-21-23-25-32(36)44-29(26-41-31(35)24-22-20-10-8-6-4-2)27-42-45(39,40)43-28-30(34)33(37)38/h14-15,29-30H,3-13,16-28,34H2,1-2H3,(H,37,38)(H,39,40)/b15-14-. The van der Waals surface area contributed by atoms with Crippen LogP contribution in [0.5, 0.6) is 0 Å². The summed E-state index contributed by atoms with van der Waals surface area (Å²) in [6.45, 7) is 2.68. The van der Waals surface area contributed by atoms with Crippen molar-refractivity contribution >= 4 is 25.7 Å². The molecule has 45 heavy (non-hydrogen) atoms. The van der Waals surface area contributed by atoms with Crippen molar-refractivity contribution in [1.29, 1.82) is 0 Å². The number of ether oxygens (including phenoxy) is 2. The first-order chi connectivity index (χ1) is 21.6.